The van der Waals surface area contributed by atoms with Gasteiger partial charge in [-0.1, -0.05) is 0 Å². The van der Waals surface area contributed by atoms with Crippen LogP contribution in [0.3, 0.4) is 0 Å². The van der Waals surface area contributed by atoms with E-state index in [1.54, 1.807) is 0 Å². The molecular weight excluding hydrogens is 304 g/mol. The van der Waals surface area contributed by atoms with Crippen molar-refractivity contribution in [2.24, 2.45) is 0 Å². The highest BCUT2D eigenvalue weighted by molar-refractivity contribution is 6.17. The number of carboxylic acid groups (broad SMARTS) is 1. The van der Waals surface area contributed by atoms with E-state index in [9.17, 15) is 9.90 Å². The highest BCUT2D eigenvalue weighted by atomic mass is 35.5. The topological polar surface area (TPSA) is 74.4 Å². The van der Waals surface area contributed by atoms with E-state index in [-0.39, 0.29) is 0 Å². The summed E-state index contributed by atoms with van der Waals surface area (Å²) in [5.74, 6) is 0.608. The maximum absolute atomic E-state index is 11.3. The number of H-pyrrole nitrogens is 1. The third kappa shape index (κ3) is 2.91. The Hall–Kier alpha value is -1.72. The quantitative estimate of drug-likeness (QED) is 0.565. The van der Waals surface area contributed by atoms with Gasteiger partial charge in [-0.2, -0.15) is 0 Å². The van der Waals surface area contributed by atoms with Gasteiger partial charge in [0.2, 0.25) is 0 Å². The average Bonchev–Trinajstić information content (AvgIpc) is 2.89. The summed E-state index contributed by atoms with van der Waals surface area (Å²) in [6.45, 7) is 1.31. The number of hydrogen-bond acceptors (Lipinski definition) is 3. The molecule has 1 atom stereocenters. The third-order valence-electron chi connectivity index (χ3n) is 3.97. The molecule has 1 aromatic heterocycles. The van der Waals surface area contributed by atoms with Crippen LogP contribution in [0.5, 0.6) is 5.75 Å². The fraction of sp³-hybridized carbons (Fsp3) is 0.438. The van der Waals surface area contributed by atoms with Crippen molar-refractivity contribution in [3.05, 3.63) is 29.5 Å². The Morgan fingerprint density at radius 3 is 3.05 bits per heavy atom. The van der Waals surface area contributed by atoms with Crippen LogP contribution in [0.2, 0.25) is 0 Å². The lowest BCUT2D eigenvalue weighted by Gasteiger charge is -2.20. The molecule has 0 bridgehead atoms. The first-order valence-electron chi connectivity index (χ1n) is 7.50. The minimum atomic E-state index is -0.856. The number of hydrogen-bond donors (Lipinski definition) is 3. The number of aliphatic carboxylic acids is 1. The first-order valence-corrected chi connectivity index (χ1v) is 8.03. The van der Waals surface area contributed by atoms with Gasteiger partial charge in [-0.3, -0.25) is 10.1 Å². The van der Waals surface area contributed by atoms with Crippen LogP contribution >= 0.6 is 11.6 Å². The number of aromatic nitrogens is 1. The fourth-order valence-corrected chi connectivity index (χ4v) is 3.08. The van der Waals surface area contributed by atoms with Crippen molar-refractivity contribution in [2.75, 3.05) is 19.0 Å². The predicted octanol–water partition coefficient (Wildman–Crippen LogP) is 2.84. The van der Waals surface area contributed by atoms with E-state index in [2.05, 4.69) is 10.3 Å². The SMILES string of the molecule is O=C(O)C1NCCc2c1[nH]c1ccc(OCCCCCl)cc21. The number of aromatic amines is 1. The van der Waals surface area contributed by atoms with Gasteiger partial charge in [-0.05, 0) is 43.0 Å². The minimum absolute atomic E-state index is 0.643. The van der Waals surface area contributed by atoms with E-state index in [0.29, 0.717) is 19.0 Å². The molecule has 3 N–H and O–H groups in total. The van der Waals surface area contributed by atoms with Gasteiger partial charge in [0.05, 0.1) is 6.61 Å². The normalized spacial score (nSPS) is 17.4. The number of rotatable bonds is 6. The van der Waals surface area contributed by atoms with Gasteiger partial charge in [-0.15, -0.1) is 11.6 Å². The molecule has 0 radical (unpaired) electrons. The van der Waals surface area contributed by atoms with Crippen LogP contribution in [0.1, 0.15) is 30.1 Å². The second kappa shape index (κ2) is 6.58. The lowest BCUT2D eigenvalue weighted by atomic mass is 9.99. The van der Waals surface area contributed by atoms with Crippen LogP contribution in [-0.2, 0) is 11.2 Å². The van der Waals surface area contributed by atoms with Crippen LogP contribution in [0.4, 0.5) is 0 Å². The number of nitrogens with one attached hydrogen (secondary N) is 2. The van der Waals surface area contributed by atoms with Crippen LogP contribution in [-0.4, -0.2) is 35.1 Å². The van der Waals surface area contributed by atoms with Gasteiger partial charge < -0.3 is 14.8 Å². The van der Waals surface area contributed by atoms with Crippen LogP contribution in [0, 0.1) is 0 Å². The fourth-order valence-electron chi connectivity index (χ4n) is 2.89. The van der Waals surface area contributed by atoms with Crippen LogP contribution in [0.25, 0.3) is 10.9 Å². The predicted molar refractivity (Wildman–Crippen MR) is 85.8 cm³/mol. The van der Waals surface area contributed by atoms with Gasteiger partial charge in [-0.25, -0.2) is 0 Å². The van der Waals surface area contributed by atoms with Crippen LogP contribution in [0.15, 0.2) is 18.2 Å². The molecule has 0 amide bonds. The molecule has 118 valence electrons. The number of halogens is 1. The average molecular weight is 323 g/mol. The molecule has 2 aromatic rings. The lowest BCUT2D eigenvalue weighted by molar-refractivity contribution is -0.139. The van der Waals surface area contributed by atoms with E-state index in [4.69, 9.17) is 16.3 Å². The smallest absolute Gasteiger partial charge is 0.326 e. The van der Waals surface area contributed by atoms with Crippen LogP contribution < -0.4 is 10.1 Å². The third-order valence-corrected chi connectivity index (χ3v) is 4.23. The second-order valence-corrected chi connectivity index (χ2v) is 5.82. The number of carboxylic acids is 1. The summed E-state index contributed by atoms with van der Waals surface area (Å²) in [6, 6.07) is 5.19. The molecular formula is C16H19ClN2O3. The summed E-state index contributed by atoms with van der Waals surface area (Å²) in [4.78, 5) is 14.6. The Labute approximate surface area is 133 Å². The molecule has 1 aromatic carbocycles. The first-order chi connectivity index (χ1) is 10.7. The minimum Gasteiger partial charge on any atom is -0.494 e. The van der Waals surface area contributed by atoms with E-state index < -0.39 is 12.0 Å². The maximum Gasteiger partial charge on any atom is 0.326 e. The maximum atomic E-state index is 11.3. The highest BCUT2D eigenvalue weighted by Crippen LogP contribution is 2.32. The monoisotopic (exact) mass is 322 g/mol. The Morgan fingerprint density at radius 2 is 2.27 bits per heavy atom. The van der Waals surface area contributed by atoms with Crippen molar-refractivity contribution in [3.8, 4) is 5.75 Å². The Balaban J connectivity index is 1.87. The standard InChI is InChI=1S/C16H19ClN2O3/c17-6-1-2-8-22-10-3-4-13-12(9-10)11-5-7-18-15(16(20)21)14(11)19-13/h3-4,9,15,18-19H,1-2,5-8H2,(H,20,21). The zero-order valence-corrected chi connectivity index (χ0v) is 12.9. The number of ether oxygens (including phenoxy) is 1. The van der Waals surface area contributed by atoms with E-state index >= 15 is 0 Å². The van der Waals surface area contributed by atoms with E-state index in [1.807, 2.05) is 18.2 Å². The molecule has 0 saturated heterocycles. The summed E-state index contributed by atoms with van der Waals surface area (Å²) in [5, 5.41) is 13.4. The van der Waals surface area contributed by atoms with Gasteiger partial charge in [0, 0.05) is 29.0 Å². The highest BCUT2D eigenvalue weighted by Gasteiger charge is 2.28. The largest absolute Gasteiger partial charge is 0.494 e. The van der Waals surface area contributed by atoms with Crippen molar-refractivity contribution >= 4 is 28.5 Å². The van der Waals surface area contributed by atoms with Gasteiger partial charge in [0.15, 0.2) is 0 Å². The molecule has 22 heavy (non-hydrogen) atoms. The molecule has 5 nitrogen and oxygen atoms in total. The molecule has 0 aliphatic carbocycles. The van der Waals surface area contributed by atoms with Crippen molar-refractivity contribution < 1.29 is 14.6 Å². The zero-order valence-electron chi connectivity index (χ0n) is 12.2. The number of unbranched alkanes of at least 4 members (excludes halogenated alkanes) is 1. The molecule has 2 heterocycles. The molecule has 1 aliphatic rings. The van der Waals surface area contributed by atoms with E-state index in [1.165, 1.54) is 0 Å². The first kappa shape index (κ1) is 15.2. The van der Waals surface area contributed by atoms with Crippen molar-refractivity contribution in [2.45, 2.75) is 25.3 Å². The summed E-state index contributed by atoms with van der Waals surface area (Å²) in [7, 11) is 0. The second-order valence-electron chi connectivity index (χ2n) is 5.44. The lowest BCUT2D eigenvalue weighted by Crippen LogP contribution is -2.34. The Bertz CT molecular complexity index is 683. The molecule has 0 spiro atoms. The summed E-state index contributed by atoms with van der Waals surface area (Å²) >= 11 is 5.65. The number of benzene rings is 1. The molecule has 0 fully saturated rings. The van der Waals surface area contributed by atoms with Gasteiger partial charge >= 0.3 is 5.97 Å². The zero-order chi connectivity index (χ0) is 15.5. The van der Waals surface area contributed by atoms with E-state index in [0.717, 1.165) is 47.2 Å². The molecule has 0 saturated carbocycles. The van der Waals surface area contributed by atoms with Gasteiger partial charge in [0.25, 0.3) is 0 Å². The number of carbonyl (C=O) groups is 1. The number of alkyl halides is 1. The molecule has 3 rings (SSSR count). The summed E-state index contributed by atoms with van der Waals surface area (Å²) in [5.41, 5.74) is 2.79. The summed E-state index contributed by atoms with van der Waals surface area (Å²) < 4.78 is 5.75. The number of fused-ring (bicyclic) bond motifs is 3. The van der Waals surface area contributed by atoms with Crippen molar-refractivity contribution in [1.82, 2.24) is 10.3 Å². The Kier molecular flexibility index (Phi) is 4.55. The molecule has 1 unspecified atom stereocenters. The molecule has 6 heteroatoms. The van der Waals surface area contributed by atoms with Gasteiger partial charge in [0.1, 0.15) is 11.8 Å². The van der Waals surface area contributed by atoms with Crippen molar-refractivity contribution in [3.63, 3.8) is 0 Å². The summed E-state index contributed by atoms with van der Waals surface area (Å²) in [6.07, 6.45) is 2.68. The Morgan fingerprint density at radius 1 is 1.41 bits per heavy atom. The molecule has 1 aliphatic heterocycles. The van der Waals surface area contributed by atoms with Crippen molar-refractivity contribution in [1.29, 1.82) is 0 Å².